The third kappa shape index (κ3) is 6.63. The summed E-state index contributed by atoms with van der Waals surface area (Å²) in [7, 11) is 0. The number of aryl methyl sites for hydroxylation is 1. The second kappa shape index (κ2) is 11.7. The fourth-order valence-corrected chi connectivity index (χ4v) is 4.36. The smallest absolute Gasteiger partial charge is 0.119 e. The van der Waals surface area contributed by atoms with Gasteiger partial charge in [0.05, 0.1) is 21.4 Å². The highest BCUT2D eigenvalue weighted by Gasteiger charge is 2.19. The van der Waals surface area contributed by atoms with Gasteiger partial charge in [-0.05, 0) is 79.9 Å². The second-order valence-corrected chi connectivity index (χ2v) is 9.35. The van der Waals surface area contributed by atoms with E-state index in [2.05, 4.69) is 47.3 Å². The largest absolute Gasteiger partial charge is 0.489 e. The zero-order chi connectivity index (χ0) is 23.0. The van der Waals surface area contributed by atoms with E-state index in [4.69, 9.17) is 33.0 Å². The summed E-state index contributed by atoms with van der Waals surface area (Å²) in [6, 6.07) is 15.9. The quantitative estimate of drug-likeness (QED) is 0.349. The Bertz CT molecular complexity index is 1070. The van der Waals surface area contributed by atoms with E-state index in [1.807, 2.05) is 24.3 Å². The van der Waals surface area contributed by atoms with Gasteiger partial charge in [0.25, 0.3) is 0 Å². The SMILES string of the molecule is CCCCn1nc(C2CCNCC2)cc1/C=C/c1ccc(OCc2ccc(Cl)c(Cl)c2)cc1. The van der Waals surface area contributed by atoms with Crippen molar-refractivity contribution in [2.45, 2.75) is 51.7 Å². The molecular formula is C27H31Cl2N3O. The minimum Gasteiger partial charge on any atom is -0.489 e. The van der Waals surface area contributed by atoms with E-state index in [9.17, 15) is 0 Å². The number of hydrogen-bond acceptors (Lipinski definition) is 3. The molecule has 1 aromatic heterocycles. The Morgan fingerprint density at radius 3 is 2.55 bits per heavy atom. The van der Waals surface area contributed by atoms with Crippen LogP contribution in [0.5, 0.6) is 5.75 Å². The Morgan fingerprint density at radius 2 is 1.82 bits per heavy atom. The van der Waals surface area contributed by atoms with Crippen LogP contribution in [-0.4, -0.2) is 22.9 Å². The van der Waals surface area contributed by atoms with Gasteiger partial charge in [0.15, 0.2) is 0 Å². The summed E-state index contributed by atoms with van der Waals surface area (Å²) in [5.74, 6) is 1.38. The van der Waals surface area contributed by atoms with Crippen LogP contribution in [0.2, 0.25) is 10.0 Å². The summed E-state index contributed by atoms with van der Waals surface area (Å²) in [6.45, 7) is 5.79. The van der Waals surface area contributed by atoms with Gasteiger partial charge in [-0.3, -0.25) is 4.68 Å². The summed E-state index contributed by atoms with van der Waals surface area (Å²) in [4.78, 5) is 0. The maximum absolute atomic E-state index is 6.08. The van der Waals surface area contributed by atoms with E-state index in [0.29, 0.717) is 22.6 Å². The van der Waals surface area contributed by atoms with Crippen LogP contribution in [0.15, 0.2) is 48.5 Å². The van der Waals surface area contributed by atoms with Crippen LogP contribution in [0, 0.1) is 0 Å². The highest BCUT2D eigenvalue weighted by Crippen LogP contribution is 2.26. The average Bonchev–Trinajstić information content (AvgIpc) is 3.26. The highest BCUT2D eigenvalue weighted by molar-refractivity contribution is 6.42. The lowest BCUT2D eigenvalue weighted by atomic mass is 9.94. The van der Waals surface area contributed by atoms with E-state index in [-0.39, 0.29) is 0 Å². The molecule has 33 heavy (non-hydrogen) atoms. The van der Waals surface area contributed by atoms with Gasteiger partial charge in [0, 0.05) is 12.5 Å². The molecule has 0 spiro atoms. The molecule has 0 atom stereocenters. The predicted octanol–water partition coefficient (Wildman–Crippen LogP) is 7.21. The summed E-state index contributed by atoms with van der Waals surface area (Å²) in [5, 5.41) is 9.50. The van der Waals surface area contributed by atoms with Crippen molar-refractivity contribution in [3.63, 3.8) is 0 Å². The second-order valence-electron chi connectivity index (χ2n) is 8.53. The Hall–Kier alpha value is -2.27. The number of piperidine rings is 1. The molecule has 1 fully saturated rings. The van der Waals surface area contributed by atoms with E-state index in [1.165, 1.54) is 11.4 Å². The number of unbranched alkanes of at least 4 members (excludes halogenated alkanes) is 1. The van der Waals surface area contributed by atoms with Gasteiger partial charge >= 0.3 is 0 Å². The first-order valence-electron chi connectivity index (χ1n) is 11.8. The number of hydrogen-bond donors (Lipinski definition) is 1. The standard InChI is InChI=1S/C27H31Cl2N3O/c1-2-3-16-32-23(18-27(31-32)22-12-14-30-15-13-22)8-4-20-5-9-24(10-6-20)33-19-21-7-11-25(28)26(29)17-21/h4-11,17-18,22,30H,2-3,12-16,19H2,1H3/b8-4+. The molecule has 6 heteroatoms. The monoisotopic (exact) mass is 483 g/mol. The van der Waals surface area contributed by atoms with Crippen molar-refractivity contribution in [1.82, 2.24) is 15.1 Å². The van der Waals surface area contributed by atoms with Crippen molar-refractivity contribution in [2.75, 3.05) is 13.1 Å². The number of ether oxygens (including phenoxy) is 1. The Labute approximate surface area is 206 Å². The summed E-state index contributed by atoms with van der Waals surface area (Å²) >= 11 is 12.1. The number of nitrogens with zero attached hydrogens (tertiary/aromatic N) is 2. The topological polar surface area (TPSA) is 39.1 Å². The predicted molar refractivity (Wildman–Crippen MR) is 138 cm³/mol. The fourth-order valence-electron chi connectivity index (χ4n) is 4.04. The van der Waals surface area contributed by atoms with Gasteiger partial charge in [0.2, 0.25) is 0 Å². The molecule has 1 aliphatic rings. The molecule has 0 unspecified atom stereocenters. The molecule has 0 amide bonds. The van der Waals surface area contributed by atoms with Gasteiger partial charge < -0.3 is 10.1 Å². The molecule has 4 nitrogen and oxygen atoms in total. The first-order chi connectivity index (χ1) is 16.1. The molecule has 174 valence electrons. The summed E-state index contributed by atoms with van der Waals surface area (Å²) in [6.07, 6.45) is 8.96. The van der Waals surface area contributed by atoms with Gasteiger partial charge in [-0.1, -0.05) is 60.8 Å². The zero-order valence-corrected chi connectivity index (χ0v) is 20.6. The van der Waals surface area contributed by atoms with Crippen molar-refractivity contribution >= 4 is 35.4 Å². The lowest BCUT2D eigenvalue weighted by Gasteiger charge is -2.20. The molecule has 0 bridgehead atoms. The van der Waals surface area contributed by atoms with Crippen LogP contribution < -0.4 is 10.1 Å². The van der Waals surface area contributed by atoms with Crippen LogP contribution in [0.1, 0.15) is 61.0 Å². The number of halogens is 2. The van der Waals surface area contributed by atoms with Gasteiger partial charge in [-0.25, -0.2) is 0 Å². The Balaban J connectivity index is 1.41. The molecular weight excluding hydrogens is 453 g/mol. The molecule has 4 rings (SSSR count). The Kier molecular flexibility index (Phi) is 8.49. The van der Waals surface area contributed by atoms with Crippen LogP contribution in [0.3, 0.4) is 0 Å². The van der Waals surface area contributed by atoms with Gasteiger partial charge in [-0.15, -0.1) is 0 Å². The van der Waals surface area contributed by atoms with Gasteiger partial charge in [0.1, 0.15) is 12.4 Å². The minimum atomic E-state index is 0.447. The van der Waals surface area contributed by atoms with Crippen LogP contribution >= 0.6 is 23.2 Å². The van der Waals surface area contributed by atoms with Gasteiger partial charge in [-0.2, -0.15) is 5.10 Å². The molecule has 1 saturated heterocycles. The van der Waals surface area contributed by atoms with Crippen molar-refractivity contribution in [1.29, 1.82) is 0 Å². The highest BCUT2D eigenvalue weighted by atomic mass is 35.5. The van der Waals surface area contributed by atoms with E-state index >= 15 is 0 Å². The van der Waals surface area contributed by atoms with E-state index in [1.54, 1.807) is 6.07 Å². The molecule has 0 aliphatic carbocycles. The maximum atomic E-state index is 6.08. The first-order valence-corrected chi connectivity index (χ1v) is 12.5. The minimum absolute atomic E-state index is 0.447. The molecule has 2 aromatic carbocycles. The van der Waals surface area contributed by atoms with E-state index < -0.39 is 0 Å². The number of nitrogens with one attached hydrogen (secondary N) is 1. The maximum Gasteiger partial charge on any atom is 0.119 e. The number of aromatic nitrogens is 2. The lowest BCUT2D eigenvalue weighted by Crippen LogP contribution is -2.26. The Morgan fingerprint density at radius 1 is 1.03 bits per heavy atom. The lowest BCUT2D eigenvalue weighted by molar-refractivity contribution is 0.306. The summed E-state index contributed by atoms with van der Waals surface area (Å²) in [5.41, 5.74) is 4.53. The molecule has 3 aromatic rings. The van der Waals surface area contributed by atoms with Crippen LogP contribution in [0.4, 0.5) is 0 Å². The third-order valence-corrected chi connectivity index (χ3v) is 6.77. The molecule has 0 saturated carbocycles. The zero-order valence-electron chi connectivity index (χ0n) is 19.1. The van der Waals surface area contributed by atoms with Crippen LogP contribution in [-0.2, 0) is 13.2 Å². The number of benzene rings is 2. The van der Waals surface area contributed by atoms with Crippen molar-refractivity contribution in [3.05, 3.63) is 81.1 Å². The summed E-state index contributed by atoms with van der Waals surface area (Å²) < 4.78 is 8.07. The normalized spacial score (nSPS) is 14.8. The fraction of sp³-hybridized carbons (Fsp3) is 0.370. The molecule has 0 radical (unpaired) electrons. The first kappa shape index (κ1) is 23.9. The number of rotatable bonds is 9. The van der Waals surface area contributed by atoms with Crippen molar-refractivity contribution < 1.29 is 4.74 Å². The molecule has 1 N–H and O–H groups in total. The van der Waals surface area contributed by atoms with Crippen molar-refractivity contribution in [2.24, 2.45) is 0 Å². The molecule has 2 heterocycles. The average molecular weight is 484 g/mol. The third-order valence-electron chi connectivity index (χ3n) is 6.03. The van der Waals surface area contributed by atoms with Crippen molar-refractivity contribution in [3.8, 4) is 5.75 Å². The molecule has 1 aliphatic heterocycles. The van der Waals surface area contributed by atoms with E-state index in [0.717, 1.165) is 62.2 Å². The van der Waals surface area contributed by atoms with Crippen LogP contribution in [0.25, 0.3) is 12.2 Å².